The highest BCUT2D eigenvalue weighted by atomic mass is 35.5. The zero-order chi connectivity index (χ0) is 23.2. The number of urea groups is 1. The second-order valence-electron chi connectivity index (χ2n) is 8.24. The van der Waals surface area contributed by atoms with Gasteiger partial charge < -0.3 is 5.32 Å². The van der Waals surface area contributed by atoms with Crippen molar-refractivity contribution in [2.24, 2.45) is 0 Å². The van der Waals surface area contributed by atoms with Gasteiger partial charge in [-0.05, 0) is 66.3 Å². The fraction of sp³-hybridized carbons (Fsp3) is 0.240. The number of anilines is 3. The summed E-state index contributed by atoms with van der Waals surface area (Å²) in [5, 5.41) is 3.23. The Bertz CT molecular complexity index is 1360. The Balaban J connectivity index is 1.55. The zero-order valence-corrected chi connectivity index (χ0v) is 19.8. The summed E-state index contributed by atoms with van der Waals surface area (Å²) in [6, 6.07) is 17.6. The summed E-state index contributed by atoms with van der Waals surface area (Å²) >= 11 is 6.48. The highest BCUT2D eigenvalue weighted by molar-refractivity contribution is 7.92. The average molecular weight is 482 g/mol. The van der Waals surface area contributed by atoms with Crippen LogP contribution in [0.25, 0.3) is 0 Å². The lowest BCUT2D eigenvalue weighted by Gasteiger charge is -2.33. The maximum absolute atomic E-state index is 13.6. The molecule has 3 aromatic carbocycles. The highest BCUT2D eigenvalue weighted by Crippen LogP contribution is 2.37. The van der Waals surface area contributed by atoms with Gasteiger partial charge in [0.25, 0.3) is 10.0 Å². The van der Waals surface area contributed by atoms with Crippen molar-refractivity contribution in [1.82, 2.24) is 0 Å². The van der Waals surface area contributed by atoms with Gasteiger partial charge in [-0.2, -0.15) is 0 Å². The van der Waals surface area contributed by atoms with Gasteiger partial charge in [-0.25, -0.2) is 13.2 Å². The van der Waals surface area contributed by atoms with E-state index in [1.807, 2.05) is 42.5 Å². The van der Waals surface area contributed by atoms with E-state index < -0.39 is 10.0 Å². The molecule has 8 heteroatoms. The molecule has 0 bridgehead atoms. The van der Waals surface area contributed by atoms with Crippen LogP contribution in [0, 0.1) is 0 Å². The van der Waals surface area contributed by atoms with Crippen LogP contribution in [0.3, 0.4) is 0 Å². The first-order chi connectivity index (χ1) is 15.9. The van der Waals surface area contributed by atoms with Crippen molar-refractivity contribution in [2.45, 2.75) is 37.6 Å². The number of benzene rings is 3. The third-order valence-corrected chi connectivity index (χ3v) is 8.45. The Kier molecular flexibility index (Phi) is 5.54. The number of carbonyl (C=O) groups is 1. The van der Waals surface area contributed by atoms with E-state index in [1.54, 1.807) is 6.07 Å². The number of hydrogen-bond acceptors (Lipinski definition) is 3. The van der Waals surface area contributed by atoms with Gasteiger partial charge in [-0.1, -0.05) is 48.9 Å². The lowest BCUT2D eigenvalue weighted by Crippen LogP contribution is -2.39. The minimum Gasteiger partial charge on any atom is -0.307 e. The quantitative estimate of drug-likeness (QED) is 0.527. The van der Waals surface area contributed by atoms with Gasteiger partial charge in [0.15, 0.2) is 0 Å². The van der Waals surface area contributed by atoms with E-state index in [4.69, 9.17) is 11.6 Å². The van der Waals surface area contributed by atoms with E-state index >= 15 is 0 Å². The Morgan fingerprint density at radius 1 is 1.03 bits per heavy atom. The first-order valence-electron chi connectivity index (χ1n) is 11.0. The number of rotatable bonds is 4. The number of hydrogen-bond donors (Lipinski definition) is 1. The largest absolute Gasteiger partial charge is 0.326 e. The Morgan fingerprint density at radius 2 is 1.85 bits per heavy atom. The SMILES string of the molecule is CCc1cccc2c1CN(c1cc(S(=O)(=O)N3CCCc4ccccc43)ccc1Cl)C(=O)N2. The zero-order valence-electron chi connectivity index (χ0n) is 18.2. The molecule has 0 saturated carbocycles. The van der Waals surface area contributed by atoms with Crippen molar-refractivity contribution >= 4 is 44.7 Å². The number of amides is 2. The van der Waals surface area contributed by atoms with Gasteiger partial charge >= 0.3 is 6.03 Å². The van der Waals surface area contributed by atoms with E-state index in [-0.39, 0.29) is 10.9 Å². The minimum atomic E-state index is -3.83. The molecule has 0 fully saturated rings. The molecule has 33 heavy (non-hydrogen) atoms. The number of nitrogens with one attached hydrogen (secondary N) is 1. The highest BCUT2D eigenvalue weighted by Gasteiger charge is 2.32. The van der Waals surface area contributed by atoms with Crippen LogP contribution in [-0.4, -0.2) is 21.0 Å². The summed E-state index contributed by atoms with van der Waals surface area (Å²) in [5.41, 5.74) is 5.01. The first kappa shape index (κ1) is 21.8. The molecule has 0 radical (unpaired) electrons. The third kappa shape index (κ3) is 3.75. The maximum atomic E-state index is 13.6. The molecule has 0 spiro atoms. The molecule has 0 atom stereocenters. The van der Waals surface area contributed by atoms with E-state index in [0.29, 0.717) is 29.5 Å². The predicted molar refractivity (Wildman–Crippen MR) is 132 cm³/mol. The first-order valence-corrected chi connectivity index (χ1v) is 12.8. The number of fused-ring (bicyclic) bond motifs is 2. The smallest absolute Gasteiger partial charge is 0.307 e. The van der Waals surface area contributed by atoms with Crippen LogP contribution in [0.5, 0.6) is 0 Å². The maximum Gasteiger partial charge on any atom is 0.326 e. The van der Waals surface area contributed by atoms with E-state index in [1.165, 1.54) is 21.3 Å². The van der Waals surface area contributed by atoms with Crippen molar-refractivity contribution < 1.29 is 13.2 Å². The van der Waals surface area contributed by atoms with Crippen LogP contribution in [0.4, 0.5) is 21.9 Å². The molecular weight excluding hydrogens is 458 g/mol. The second-order valence-corrected chi connectivity index (χ2v) is 10.5. The van der Waals surface area contributed by atoms with Gasteiger partial charge in [-0.3, -0.25) is 9.21 Å². The molecular formula is C25H24ClN3O3S. The normalized spacial score (nSPS) is 15.6. The van der Waals surface area contributed by atoms with Crippen LogP contribution < -0.4 is 14.5 Å². The molecule has 0 aromatic heterocycles. The number of aryl methyl sites for hydroxylation is 2. The number of para-hydroxylation sites is 1. The van der Waals surface area contributed by atoms with Crippen LogP contribution in [0.15, 0.2) is 65.6 Å². The summed E-state index contributed by atoms with van der Waals surface area (Å²) in [7, 11) is -3.83. The molecule has 5 rings (SSSR count). The predicted octanol–water partition coefficient (Wildman–Crippen LogP) is 5.60. The monoisotopic (exact) mass is 481 g/mol. The van der Waals surface area contributed by atoms with Gasteiger partial charge in [-0.15, -0.1) is 0 Å². The molecule has 0 unspecified atom stereocenters. The molecule has 2 heterocycles. The average Bonchev–Trinajstić information content (AvgIpc) is 2.83. The fourth-order valence-electron chi connectivity index (χ4n) is 4.61. The number of sulfonamides is 1. The summed E-state index contributed by atoms with van der Waals surface area (Å²) < 4.78 is 28.7. The summed E-state index contributed by atoms with van der Waals surface area (Å²) in [6.07, 6.45) is 2.42. The van der Waals surface area contributed by atoms with Crippen molar-refractivity contribution in [2.75, 3.05) is 21.1 Å². The van der Waals surface area contributed by atoms with Crippen LogP contribution in [0.2, 0.25) is 5.02 Å². The Hall–Kier alpha value is -3.03. The topological polar surface area (TPSA) is 69.7 Å². The lowest BCUT2D eigenvalue weighted by atomic mass is 10.0. The van der Waals surface area contributed by atoms with E-state index in [9.17, 15) is 13.2 Å². The van der Waals surface area contributed by atoms with Crippen molar-refractivity contribution in [3.63, 3.8) is 0 Å². The number of halogens is 1. The molecule has 0 aliphatic carbocycles. The lowest BCUT2D eigenvalue weighted by molar-refractivity contribution is 0.256. The van der Waals surface area contributed by atoms with Crippen LogP contribution in [0.1, 0.15) is 30.0 Å². The van der Waals surface area contributed by atoms with Gasteiger partial charge in [0.2, 0.25) is 0 Å². The fourth-order valence-corrected chi connectivity index (χ4v) is 6.39. The molecule has 2 amide bonds. The number of carbonyl (C=O) groups excluding carboxylic acids is 1. The van der Waals surface area contributed by atoms with E-state index in [2.05, 4.69) is 12.2 Å². The molecule has 0 saturated heterocycles. The van der Waals surface area contributed by atoms with Crippen LogP contribution >= 0.6 is 11.6 Å². The Labute approximate surface area is 198 Å². The van der Waals surface area contributed by atoms with E-state index in [0.717, 1.165) is 41.6 Å². The molecule has 2 aliphatic heterocycles. The van der Waals surface area contributed by atoms with Gasteiger partial charge in [0, 0.05) is 12.2 Å². The standard InChI is InChI=1S/C25H24ClN3O3S/c1-2-17-8-5-10-22-20(17)16-28(25(30)27-22)24-15-19(12-13-21(24)26)33(31,32)29-14-6-9-18-7-3-4-11-23(18)29/h3-5,7-8,10-13,15H,2,6,9,14,16H2,1H3,(H,27,30). The molecule has 1 N–H and O–H groups in total. The summed E-state index contributed by atoms with van der Waals surface area (Å²) in [6.45, 7) is 2.79. The molecule has 170 valence electrons. The molecule has 3 aromatic rings. The van der Waals surface area contributed by atoms with Crippen LogP contribution in [-0.2, 0) is 29.4 Å². The van der Waals surface area contributed by atoms with Gasteiger partial charge in [0.05, 0.1) is 27.8 Å². The number of nitrogens with zero attached hydrogens (tertiary/aromatic N) is 2. The summed E-state index contributed by atoms with van der Waals surface area (Å²) in [5.74, 6) is 0. The van der Waals surface area contributed by atoms with Crippen molar-refractivity contribution in [3.8, 4) is 0 Å². The van der Waals surface area contributed by atoms with Crippen molar-refractivity contribution in [1.29, 1.82) is 0 Å². The Morgan fingerprint density at radius 3 is 2.67 bits per heavy atom. The molecule has 2 aliphatic rings. The van der Waals surface area contributed by atoms with Gasteiger partial charge in [0.1, 0.15) is 0 Å². The minimum absolute atomic E-state index is 0.112. The molecule has 6 nitrogen and oxygen atoms in total. The second kappa shape index (κ2) is 8.39. The summed E-state index contributed by atoms with van der Waals surface area (Å²) in [4.78, 5) is 14.6. The van der Waals surface area contributed by atoms with Crippen molar-refractivity contribution in [3.05, 3.63) is 82.4 Å². The third-order valence-electron chi connectivity index (χ3n) is 6.32.